The Kier molecular flexibility index (Phi) is 29.9. The minimum Gasteiger partial charge on any atom is -0.0651 e. The molecule has 0 heterocycles. The van der Waals surface area contributed by atoms with Crippen LogP contribution in [0.3, 0.4) is 0 Å². The fourth-order valence-electron chi connectivity index (χ4n) is 9.83. The standard InChI is InChI=1S/C14H28.2C13H26.C12H24/c1-4-13-6-5-7-14(11-10-13)9-8-12(2)3;1-11(2)7-9-13-6-4-5-12(3)8-10-13;1-4-12-7-9-13(10-8-12)6-5-11(2)3;1-10(2)4-7-12-8-5-11(3)6-9-12/h12-14H,4-11H2,1-3H3;2*11-13H,4-10H2,1-3H3;10-12H,4-9H2,1-3H3. The molecule has 0 aromatic carbocycles. The molecule has 0 saturated heterocycles. The maximum atomic E-state index is 2.42. The van der Waals surface area contributed by atoms with Gasteiger partial charge < -0.3 is 0 Å². The van der Waals surface area contributed by atoms with Gasteiger partial charge in [0, 0.05) is 0 Å². The van der Waals surface area contributed by atoms with Crippen LogP contribution in [-0.4, -0.2) is 0 Å². The Labute approximate surface area is 332 Å². The molecule has 4 saturated carbocycles. The Bertz CT molecular complexity index is 744. The minimum atomic E-state index is 0.903. The van der Waals surface area contributed by atoms with Crippen LogP contribution < -0.4 is 0 Å². The van der Waals surface area contributed by atoms with Crippen molar-refractivity contribution in [3.8, 4) is 0 Å². The summed E-state index contributed by atoms with van der Waals surface area (Å²) in [5.41, 5.74) is 0. The van der Waals surface area contributed by atoms with Crippen LogP contribution in [0.15, 0.2) is 0 Å². The van der Waals surface area contributed by atoms with Gasteiger partial charge in [0.15, 0.2) is 0 Å². The highest BCUT2D eigenvalue weighted by Gasteiger charge is 2.21. The molecule has 4 aliphatic rings. The quantitative estimate of drug-likeness (QED) is 0.156. The Balaban J connectivity index is 0.000000347. The second-order valence-corrected chi connectivity index (χ2v) is 21.4. The van der Waals surface area contributed by atoms with Gasteiger partial charge in [0.25, 0.3) is 0 Å². The second-order valence-electron chi connectivity index (χ2n) is 21.4. The summed E-state index contributed by atoms with van der Waals surface area (Å²) in [6, 6.07) is 0. The molecule has 0 nitrogen and oxygen atoms in total. The summed E-state index contributed by atoms with van der Waals surface area (Å²) in [6.45, 7) is 28.3. The van der Waals surface area contributed by atoms with Gasteiger partial charge in [-0.05, 0) is 71.0 Å². The lowest BCUT2D eigenvalue weighted by Gasteiger charge is -2.28. The largest absolute Gasteiger partial charge is 0.0651 e. The topological polar surface area (TPSA) is 0 Å². The second kappa shape index (κ2) is 31.1. The third kappa shape index (κ3) is 27.6. The van der Waals surface area contributed by atoms with Gasteiger partial charge in [0.05, 0.1) is 0 Å². The predicted molar refractivity (Wildman–Crippen MR) is 239 cm³/mol. The summed E-state index contributed by atoms with van der Waals surface area (Å²) in [6.07, 6.45) is 41.7. The maximum Gasteiger partial charge on any atom is -0.0414 e. The summed E-state index contributed by atoms with van der Waals surface area (Å²) >= 11 is 0. The Hall–Kier alpha value is 0. The highest BCUT2D eigenvalue weighted by molar-refractivity contribution is 4.73. The molecule has 4 rings (SSSR count). The average molecular weight is 729 g/mol. The highest BCUT2D eigenvalue weighted by atomic mass is 14.3. The molecule has 0 radical (unpaired) electrons. The van der Waals surface area contributed by atoms with Crippen LogP contribution in [0, 0.1) is 71.0 Å². The maximum absolute atomic E-state index is 2.42. The summed E-state index contributed by atoms with van der Waals surface area (Å²) in [5.74, 6) is 12.0. The van der Waals surface area contributed by atoms with Crippen molar-refractivity contribution < 1.29 is 0 Å². The zero-order valence-corrected chi connectivity index (χ0v) is 38.7. The minimum absolute atomic E-state index is 0.903. The fourth-order valence-corrected chi connectivity index (χ4v) is 9.83. The van der Waals surface area contributed by atoms with E-state index in [0.29, 0.717) is 0 Å². The van der Waals surface area contributed by atoms with Gasteiger partial charge in [0.2, 0.25) is 0 Å². The van der Waals surface area contributed by atoms with Crippen molar-refractivity contribution in [2.45, 2.75) is 263 Å². The summed E-state index contributed by atoms with van der Waals surface area (Å²) in [7, 11) is 0. The van der Waals surface area contributed by atoms with E-state index in [4.69, 9.17) is 0 Å². The molecule has 4 atom stereocenters. The number of hydrogen-bond donors (Lipinski definition) is 0. The summed E-state index contributed by atoms with van der Waals surface area (Å²) in [4.78, 5) is 0. The van der Waals surface area contributed by atoms with Gasteiger partial charge in [-0.2, -0.15) is 0 Å². The molecule has 52 heavy (non-hydrogen) atoms. The Morgan fingerprint density at radius 2 is 0.538 bits per heavy atom. The van der Waals surface area contributed by atoms with Gasteiger partial charge in [0.1, 0.15) is 0 Å². The van der Waals surface area contributed by atoms with Crippen molar-refractivity contribution in [3.63, 3.8) is 0 Å². The van der Waals surface area contributed by atoms with E-state index in [-0.39, 0.29) is 0 Å². The first-order valence-electron chi connectivity index (χ1n) is 24.8. The van der Waals surface area contributed by atoms with Crippen LogP contribution >= 0.6 is 0 Å². The van der Waals surface area contributed by atoms with E-state index >= 15 is 0 Å². The molecule has 0 aliphatic heterocycles. The van der Waals surface area contributed by atoms with Crippen molar-refractivity contribution >= 4 is 0 Å². The molecule has 4 unspecified atom stereocenters. The molecule has 4 aliphatic carbocycles. The zero-order chi connectivity index (χ0) is 38.7. The molecule has 0 bridgehead atoms. The smallest absolute Gasteiger partial charge is 0.0414 e. The average Bonchev–Trinajstić information content (AvgIpc) is 3.49. The van der Waals surface area contributed by atoms with Crippen molar-refractivity contribution in [2.24, 2.45) is 71.0 Å². The SMILES string of the molecule is CC(C)CCC1CCC(C)CC1.CC(C)CCC1CCCC(C)CC1.CCC1CCC(CCC(C)C)CC1.CCC1CCCC(CCC(C)C)CC1. The zero-order valence-electron chi connectivity index (χ0n) is 38.7. The fraction of sp³-hybridized carbons (Fsp3) is 1.00. The van der Waals surface area contributed by atoms with E-state index in [1.807, 2.05) is 0 Å². The number of rotatable bonds is 14. The van der Waals surface area contributed by atoms with E-state index in [2.05, 4.69) is 83.1 Å². The normalized spacial score (nSPS) is 30.0. The van der Waals surface area contributed by atoms with E-state index in [9.17, 15) is 0 Å². The Morgan fingerprint density at radius 3 is 0.865 bits per heavy atom. The van der Waals surface area contributed by atoms with Gasteiger partial charge in [-0.25, -0.2) is 0 Å². The third-order valence-electron chi connectivity index (χ3n) is 14.5. The summed E-state index contributed by atoms with van der Waals surface area (Å²) < 4.78 is 0. The van der Waals surface area contributed by atoms with Crippen molar-refractivity contribution in [1.82, 2.24) is 0 Å². The van der Waals surface area contributed by atoms with Crippen molar-refractivity contribution in [1.29, 1.82) is 0 Å². The van der Waals surface area contributed by atoms with Crippen molar-refractivity contribution in [2.75, 3.05) is 0 Å². The third-order valence-corrected chi connectivity index (χ3v) is 14.5. The highest BCUT2D eigenvalue weighted by Crippen LogP contribution is 2.35. The first-order valence-corrected chi connectivity index (χ1v) is 24.8. The van der Waals surface area contributed by atoms with Crippen LogP contribution in [0.5, 0.6) is 0 Å². The molecular weight excluding hydrogens is 625 g/mol. The van der Waals surface area contributed by atoms with Gasteiger partial charge in [-0.3, -0.25) is 0 Å². The van der Waals surface area contributed by atoms with E-state index < -0.39 is 0 Å². The summed E-state index contributed by atoms with van der Waals surface area (Å²) in [5, 5.41) is 0. The van der Waals surface area contributed by atoms with Crippen LogP contribution in [-0.2, 0) is 0 Å². The predicted octanol–water partition coefficient (Wildman–Crippen LogP) is 18.6. The molecule has 0 aromatic rings. The monoisotopic (exact) mass is 729 g/mol. The van der Waals surface area contributed by atoms with Gasteiger partial charge >= 0.3 is 0 Å². The molecule has 0 N–H and O–H groups in total. The van der Waals surface area contributed by atoms with E-state index in [0.717, 1.165) is 71.0 Å². The van der Waals surface area contributed by atoms with E-state index in [1.165, 1.54) is 180 Å². The molecule has 312 valence electrons. The van der Waals surface area contributed by atoms with Crippen molar-refractivity contribution in [3.05, 3.63) is 0 Å². The molecular formula is C52H104. The molecule has 0 amide bonds. The number of hydrogen-bond acceptors (Lipinski definition) is 0. The van der Waals surface area contributed by atoms with Gasteiger partial charge in [-0.1, -0.05) is 263 Å². The van der Waals surface area contributed by atoms with Crippen LogP contribution in [0.2, 0.25) is 0 Å². The lowest BCUT2D eigenvalue weighted by molar-refractivity contribution is 0.248. The Morgan fingerprint density at radius 1 is 0.308 bits per heavy atom. The lowest BCUT2D eigenvalue weighted by atomic mass is 9.78. The molecule has 4 fully saturated rings. The molecule has 0 aromatic heterocycles. The van der Waals surface area contributed by atoms with Gasteiger partial charge in [-0.15, -0.1) is 0 Å². The first-order chi connectivity index (χ1) is 24.8. The van der Waals surface area contributed by atoms with E-state index in [1.54, 1.807) is 0 Å². The molecule has 0 spiro atoms. The first kappa shape index (κ1) is 50.0. The molecule has 0 heteroatoms. The lowest BCUT2D eigenvalue weighted by Crippen LogP contribution is -2.14. The van der Waals surface area contributed by atoms with Crippen LogP contribution in [0.25, 0.3) is 0 Å². The van der Waals surface area contributed by atoms with Crippen LogP contribution in [0.1, 0.15) is 263 Å². The van der Waals surface area contributed by atoms with Crippen LogP contribution in [0.4, 0.5) is 0 Å².